The van der Waals surface area contributed by atoms with E-state index < -0.39 is 0 Å². The number of ether oxygens (including phenoxy) is 1. The smallest absolute Gasteiger partial charge is 0.222 e. The molecule has 2 rings (SSSR count). The summed E-state index contributed by atoms with van der Waals surface area (Å²) in [5.74, 6) is 0.755. The van der Waals surface area contributed by atoms with Gasteiger partial charge in [0.25, 0.3) is 0 Å². The third-order valence-electron chi connectivity index (χ3n) is 2.98. The van der Waals surface area contributed by atoms with Crippen LogP contribution in [0.3, 0.4) is 0 Å². The molecule has 0 radical (unpaired) electrons. The van der Waals surface area contributed by atoms with Crippen LogP contribution in [0.1, 0.15) is 24.4 Å². The van der Waals surface area contributed by atoms with E-state index >= 15 is 0 Å². The number of methoxy groups -OCH3 is 1. The van der Waals surface area contributed by atoms with Crippen LogP contribution in [0.5, 0.6) is 5.88 Å². The number of nitrogens with zero attached hydrogens (tertiary/aromatic N) is 3. The van der Waals surface area contributed by atoms with Gasteiger partial charge in [-0.2, -0.15) is 5.10 Å². The second-order valence-electron chi connectivity index (χ2n) is 4.18. The maximum Gasteiger partial charge on any atom is 0.222 e. The Balaban J connectivity index is 2.46. The Morgan fingerprint density at radius 3 is 2.83 bits per heavy atom. The molecular formula is C12H18N4OS. The summed E-state index contributed by atoms with van der Waals surface area (Å²) >= 11 is 1.62. The molecule has 0 aromatic carbocycles. The minimum absolute atomic E-state index is 0.248. The van der Waals surface area contributed by atoms with E-state index in [4.69, 9.17) is 4.74 Å². The molecule has 0 saturated carbocycles. The van der Waals surface area contributed by atoms with Crippen LogP contribution in [0.4, 0.5) is 0 Å². The molecule has 1 atom stereocenters. The maximum absolute atomic E-state index is 5.40. The predicted molar refractivity (Wildman–Crippen MR) is 73.1 cm³/mol. The van der Waals surface area contributed by atoms with Gasteiger partial charge in [-0.15, -0.1) is 11.3 Å². The summed E-state index contributed by atoms with van der Waals surface area (Å²) in [6.07, 6.45) is 0. The van der Waals surface area contributed by atoms with Crippen molar-refractivity contribution in [2.24, 2.45) is 7.05 Å². The van der Waals surface area contributed by atoms with Crippen molar-refractivity contribution in [1.82, 2.24) is 20.1 Å². The van der Waals surface area contributed by atoms with Crippen LogP contribution in [-0.2, 0) is 7.05 Å². The molecule has 1 unspecified atom stereocenters. The van der Waals surface area contributed by atoms with E-state index in [1.54, 1.807) is 23.1 Å². The summed E-state index contributed by atoms with van der Waals surface area (Å²) in [5.41, 5.74) is 2.97. The lowest BCUT2D eigenvalue weighted by atomic mass is 10.2. The molecule has 0 saturated heterocycles. The van der Waals surface area contributed by atoms with E-state index in [9.17, 15) is 0 Å². The monoisotopic (exact) mass is 266 g/mol. The highest BCUT2D eigenvalue weighted by molar-refractivity contribution is 7.13. The van der Waals surface area contributed by atoms with Crippen LogP contribution in [-0.4, -0.2) is 28.9 Å². The molecule has 18 heavy (non-hydrogen) atoms. The summed E-state index contributed by atoms with van der Waals surface area (Å²) in [7, 11) is 5.46. The Morgan fingerprint density at radius 1 is 1.50 bits per heavy atom. The lowest BCUT2D eigenvalue weighted by Gasteiger charge is -2.05. The fourth-order valence-corrected chi connectivity index (χ4v) is 2.87. The second kappa shape index (κ2) is 5.07. The highest BCUT2D eigenvalue weighted by Gasteiger charge is 2.19. The molecule has 0 spiro atoms. The number of aryl methyl sites for hydroxylation is 2. The zero-order valence-corrected chi connectivity index (χ0v) is 12.1. The second-order valence-corrected chi connectivity index (χ2v) is 5.04. The first-order chi connectivity index (χ1) is 8.58. The van der Waals surface area contributed by atoms with E-state index in [0.717, 1.165) is 27.8 Å². The summed E-state index contributed by atoms with van der Waals surface area (Å²) in [6.45, 7) is 4.06. The molecule has 0 fully saturated rings. The first-order valence-corrected chi connectivity index (χ1v) is 6.67. The van der Waals surface area contributed by atoms with Crippen molar-refractivity contribution in [2.75, 3.05) is 14.2 Å². The summed E-state index contributed by atoms with van der Waals surface area (Å²) in [5, 5.41) is 10.6. The van der Waals surface area contributed by atoms with Gasteiger partial charge >= 0.3 is 0 Å². The summed E-state index contributed by atoms with van der Waals surface area (Å²) in [6, 6.07) is 0.248. The molecule has 2 aromatic rings. The number of nitrogens with one attached hydrogen (secondary N) is 1. The van der Waals surface area contributed by atoms with Gasteiger partial charge in [0.1, 0.15) is 5.01 Å². The zero-order valence-electron chi connectivity index (χ0n) is 11.3. The van der Waals surface area contributed by atoms with E-state index in [1.807, 2.05) is 21.0 Å². The van der Waals surface area contributed by atoms with E-state index in [2.05, 4.69) is 27.7 Å². The molecule has 98 valence electrons. The average molecular weight is 266 g/mol. The van der Waals surface area contributed by atoms with Crippen LogP contribution >= 0.6 is 11.3 Å². The van der Waals surface area contributed by atoms with Gasteiger partial charge in [-0.3, -0.25) is 0 Å². The topological polar surface area (TPSA) is 52.0 Å². The fraction of sp³-hybridized carbons (Fsp3) is 0.500. The van der Waals surface area contributed by atoms with Crippen LogP contribution in [0.2, 0.25) is 0 Å². The van der Waals surface area contributed by atoms with Crippen LogP contribution < -0.4 is 10.1 Å². The highest BCUT2D eigenvalue weighted by atomic mass is 32.1. The SMILES string of the molecule is CNC(C)c1csc(-c2c(C)nn(C)c2OC)n1. The predicted octanol–water partition coefficient (Wildman–Crippen LogP) is 2.14. The van der Waals surface area contributed by atoms with Gasteiger partial charge in [-0.1, -0.05) is 0 Å². The Hall–Kier alpha value is -1.40. The van der Waals surface area contributed by atoms with E-state index in [1.165, 1.54) is 0 Å². The molecular weight excluding hydrogens is 248 g/mol. The third kappa shape index (κ3) is 2.13. The molecule has 0 bridgehead atoms. The van der Waals surface area contributed by atoms with Crippen molar-refractivity contribution in [1.29, 1.82) is 0 Å². The van der Waals surface area contributed by atoms with Gasteiger partial charge < -0.3 is 10.1 Å². The fourth-order valence-electron chi connectivity index (χ4n) is 1.87. The van der Waals surface area contributed by atoms with Crippen LogP contribution in [0.15, 0.2) is 5.38 Å². The molecule has 2 heterocycles. The maximum atomic E-state index is 5.40. The van der Waals surface area contributed by atoms with Crippen molar-refractivity contribution in [3.05, 3.63) is 16.8 Å². The highest BCUT2D eigenvalue weighted by Crippen LogP contribution is 2.35. The van der Waals surface area contributed by atoms with Gasteiger partial charge in [0, 0.05) is 18.5 Å². The van der Waals surface area contributed by atoms with Crippen molar-refractivity contribution in [3.63, 3.8) is 0 Å². The Kier molecular flexibility index (Phi) is 3.68. The number of rotatable bonds is 4. The van der Waals surface area contributed by atoms with E-state index in [0.29, 0.717) is 0 Å². The van der Waals surface area contributed by atoms with Crippen molar-refractivity contribution >= 4 is 11.3 Å². The quantitative estimate of drug-likeness (QED) is 0.921. The third-order valence-corrected chi connectivity index (χ3v) is 3.85. The molecule has 6 heteroatoms. The molecule has 5 nitrogen and oxygen atoms in total. The zero-order chi connectivity index (χ0) is 13.3. The Morgan fingerprint density at radius 2 is 2.22 bits per heavy atom. The molecule has 0 aliphatic carbocycles. The summed E-state index contributed by atoms with van der Waals surface area (Å²) < 4.78 is 7.14. The molecule has 0 aliphatic heterocycles. The van der Waals surface area contributed by atoms with Crippen molar-refractivity contribution < 1.29 is 4.74 Å². The average Bonchev–Trinajstić information content (AvgIpc) is 2.92. The first kappa shape index (κ1) is 13.0. The van der Waals surface area contributed by atoms with Gasteiger partial charge in [0.2, 0.25) is 5.88 Å². The first-order valence-electron chi connectivity index (χ1n) is 5.79. The van der Waals surface area contributed by atoms with Gasteiger partial charge in [0.05, 0.1) is 24.1 Å². The minimum atomic E-state index is 0.248. The lowest BCUT2D eigenvalue weighted by Crippen LogP contribution is -2.12. The van der Waals surface area contributed by atoms with E-state index in [-0.39, 0.29) is 6.04 Å². The van der Waals surface area contributed by atoms with Gasteiger partial charge in [-0.25, -0.2) is 9.67 Å². The molecule has 0 amide bonds. The van der Waals surface area contributed by atoms with Crippen molar-refractivity contribution in [3.8, 4) is 16.5 Å². The number of hydrogen-bond donors (Lipinski definition) is 1. The Bertz CT molecular complexity index is 546. The van der Waals surface area contributed by atoms with Gasteiger partial charge in [0.15, 0.2) is 0 Å². The van der Waals surface area contributed by atoms with Crippen molar-refractivity contribution in [2.45, 2.75) is 19.9 Å². The number of thiazole rings is 1. The number of hydrogen-bond acceptors (Lipinski definition) is 5. The Labute approximate surface area is 111 Å². The van der Waals surface area contributed by atoms with Gasteiger partial charge in [-0.05, 0) is 20.9 Å². The normalized spacial score (nSPS) is 12.7. The number of aromatic nitrogens is 3. The standard InChI is InChI=1S/C12H18N4OS/c1-7(13-3)9-6-18-11(14-9)10-8(2)15-16(4)12(10)17-5/h6-7,13H,1-5H3. The molecule has 2 aromatic heterocycles. The minimum Gasteiger partial charge on any atom is -0.481 e. The largest absolute Gasteiger partial charge is 0.481 e. The molecule has 1 N–H and O–H groups in total. The van der Waals surface area contributed by atoms with Crippen LogP contribution in [0, 0.1) is 6.92 Å². The molecule has 0 aliphatic rings. The van der Waals surface area contributed by atoms with Crippen LogP contribution in [0.25, 0.3) is 10.6 Å². The lowest BCUT2D eigenvalue weighted by molar-refractivity contribution is 0.375. The summed E-state index contributed by atoms with van der Waals surface area (Å²) in [4.78, 5) is 4.66.